The van der Waals surface area contributed by atoms with Crippen LogP contribution in [0.2, 0.25) is 5.02 Å². The number of hydrogen-bond donors (Lipinski definition) is 1. The van der Waals surface area contributed by atoms with Crippen LogP contribution in [0.25, 0.3) is 0 Å². The van der Waals surface area contributed by atoms with Gasteiger partial charge in [-0.15, -0.1) is 0 Å². The summed E-state index contributed by atoms with van der Waals surface area (Å²) in [4.78, 5) is 26.0. The van der Waals surface area contributed by atoms with Crippen LogP contribution in [0.3, 0.4) is 0 Å². The van der Waals surface area contributed by atoms with Gasteiger partial charge in [0.25, 0.3) is 0 Å². The number of nitrogens with zero attached hydrogens (tertiary/aromatic N) is 1. The van der Waals surface area contributed by atoms with E-state index >= 15 is 0 Å². The second-order valence-corrected chi connectivity index (χ2v) is 9.64. The second-order valence-electron chi connectivity index (χ2n) is 9.24. The Labute approximate surface area is 178 Å². The van der Waals surface area contributed by atoms with Gasteiger partial charge >= 0.3 is 18.4 Å². The predicted molar refractivity (Wildman–Crippen MR) is 105 cm³/mol. The van der Waals surface area contributed by atoms with Gasteiger partial charge in [0.2, 0.25) is 0 Å². The molecule has 1 aliphatic rings. The van der Waals surface area contributed by atoms with Crippen LogP contribution >= 0.6 is 11.6 Å². The number of hydrogen-bond acceptors (Lipinski definition) is 4. The van der Waals surface area contributed by atoms with E-state index in [0.29, 0.717) is 0 Å². The third-order valence-corrected chi connectivity index (χ3v) is 4.45. The molecule has 1 heterocycles. The molecule has 1 aromatic rings. The van der Waals surface area contributed by atoms with Crippen LogP contribution in [-0.2, 0) is 21.2 Å². The van der Waals surface area contributed by atoms with Crippen molar-refractivity contribution in [2.45, 2.75) is 64.5 Å². The van der Waals surface area contributed by atoms with Gasteiger partial charge in [-0.2, -0.15) is 13.2 Å². The number of carbonyl (C=O) groups is 2. The molecule has 1 saturated heterocycles. The lowest BCUT2D eigenvalue weighted by atomic mass is 9.81. The first-order valence-electron chi connectivity index (χ1n) is 9.28. The fourth-order valence-corrected chi connectivity index (χ4v) is 3.24. The zero-order valence-electron chi connectivity index (χ0n) is 17.7. The molecule has 1 aliphatic heterocycles. The highest BCUT2D eigenvalue weighted by atomic mass is 35.5. The third-order valence-electron chi connectivity index (χ3n) is 4.12. The molecule has 0 spiro atoms. The van der Waals surface area contributed by atoms with Crippen molar-refractivity contribution >= 4 is 23.8 Å². The number of alkyl halides is 3. The van der Waals surface area contributed by atoms with E-state index in [1.807, 2.05) is 0 Å². The van der Waals surface area contributed by atoms with Crippen molar-refractivity contribution in [1.29, 1.82) is 0 Å². The second kappa shape index (κ2) is 7.83. The number of benzene rings is 1. The Morgan fingerprint density at radius 1 is 1.03 bits per heavy atom. The van der Waals surface area contributed by atoms with Crippen molar-refractivity contribution in [2.24, 2.45) is 0 Å². The molecule has 2 rings (SSSR count). The van der Waals surface area contributed by atoms with Gasteiger partial charge in [0.05, 0.1) is 18.7 Å². The molecule has 0 saturated carbocycles. The highest BCUT2D eigenvalue weighted by Gasteiger charge is 2.51. The minimum Gasteiger partial charge on any atom is -0.444 e. The maximum atomic E-state index is 13.2. The molecule has 2 amide bonds. The number of likely N-dealkylation sites (tertiary alicyclic amines) is 1. The van der Waals surface area contributed by atoms with Gasteiger partial charge in [-0.3, -0.25) is 0 Å². The average Bonchev–Trinajstić information content (AvgIpc) is 2.46. The highest BCUT2D eigenvalue weighted by Crippen LogP contribution is 2.40. The standard InChI is InChI=1S/C20H26ClF3N2O4/c1-17(2,3)29-15(27)25-19(10-26(11-19)16(28)30-18(4,5)6)13-9-12(20(22,23)24)7-8-14(13)21/h7-9H,10-11H2,1-6H3,(H,25,27). The van der Waals surface area contributed by atoms with Gasteiger partial charge in [0.15, 0.2) is 0 Å². The Balaban J connectivity index is 2.37. The maximum absolute atomic E-state index is 13.2. The molecule has 6 nitrogen and oxygen atoms in total. The Hall–Kier alpha value is -2.16. The quantitative estimate of drug-likeness (QED) is 0.661. The molecule has 0 radical (unpaired) electrons. The van der Waals surface area contributed by atoms with Crippen molar-refractivity contribution in [3.63, 3.8) is 0 Å². The van der Waals surface area contributed by atoms with Crippen LogP contribution in [0.1, 0.15) is 52.7 Å². The lowest BCUT2D eigenvalue weighted by molar-refractivity contribution is -0.137. The Bertz CT molecular complexity index is 823. The van der Waals surface area contributed by atoms with E-state index in [1.54, 1.807) is 41.5 Å². The predicted octanol–water partition coefficient (Wildman–Crippen LogP) is 5.33. The first-order chi connectivity index (χ1) is 13.4. The monoisotopic (exact) mass is 450 g/mol. The molecule has 1 N–H and O–H groups in total. The number of amides is 2. The minimum atomic E-state index is -4.60. The molecular weight excluding hydrogens is 425 g/mol. The summed E-state index contributed by atoms with van der Waals surface area (Å²) < 4.78 is 50.3. The SMILES string of the molecule is CC(C)(C)OC(=O)NC1(c2cc(C(F)(F)F)ccc2Cl)CN(C(=O)OC(C)(C)C)C1. The molecule has 1 aromatic carbocycles. The summed E-state index contributed by atoms with van der Waals surface area (Å²) in [5.74, 6) is 0. The Morgan fingerprint density at radius 3 is 2.03 bits per heavy atom. The van der Waals surface area contributed by atoms with E-state index < -0.39 is 40.7 Å². The molecule has 0 bridgehead atoms. The molecule has 0 atom stereocenters. The van der Waals surface area contributed by atoms with Crippen molar-refractivity contribution in [3.05, 3.63) is 34.3 Å². The van der Waals surface area contributed by atoms with Gasteiger partial charge in [0.1, 0.15) is 16.7 Å². The van der Waals surface area contributed by atoms with E-state index in [9.17, 15) is 22.8 Å². The van der Waals surface area contributed by atoms with Gasteiger partial charge in [-0.1, -0.05) is 11.6 Å². The van der Waals surface area contributed by atoms with Gasteiger partial charge in [-0.25, -0.2) is 9.59 Å². The minimum absolute atomic E-state index is 0.0305. The lowest BCUT2D eigenvalue weighted by Crippen LogP contribution is -2.69. The van der Waals surface area contributed by atoms with E-state index in [1.165, 1.54) is 4.90 Å². The first-order valence-corrected chi connectivity index (χ1v) is 9.66. The zero-order chi connectivity index (χ0) is 23.1. The molecule has 0 aliphatic carbocycles. The zero-order valence-corrected chi connectivity index (χ0v) is 18.5. The van der Waals surface area contributed by atoms with Crippen LogP contribution in [0, 0.1) is 0 Å². The highest BCUT2D eigenvalue weighted by molar-refractivity contribution is 6.31. The largest absolute Gasteiger partial charge is 0.444 e. The van der Waals surface area contributed by atoms with E-state index in [4.69, 9.17) is 21.1 Å². The van der Waals surface area contributed by atoms with Gasteiger partial charge in [0, 0.05) is 10.6 Å². The summed E-state index contributed by atoms with van der Waals surface area (Å²) in [5, 5.41) is 2.64. The van der Waals surface area contributed by atoms with Crippen LogP contribution in [-0.4, -0.2) is 41.4 Å². The fraction of sp³-hybridized carbons (Fsp3) is 0.600. The maximum Gasteiger partial charge on any atom is 0.416 e. The van der Waals surface area contributed by atoms with Crippen LogP contribution in [0.15, 0.2) is 18.2 Å². The van der Waals surface area contributed by atoms with Gasteiger partial charge in [-0.05, 0) is 59.7 Å². The van der Waals surface area contributed by atoms with E-state index in [-0.39, 0.29) is 23.7 Å². The smallest absolute Gasteiger partial charge is 0.416 e. The van der Waals surface area contributed by atoms with Gasteiger partial charge < -0.3 is 19.7 Å². The molecule has 30 heavy (non-hydrogen) atoms. The van der Waals surface area contributed by atoms with Crippen molar-refractivity contribution in [3.8, 4) is 0 Å². The number of halogens is 4. The molecule has 0 unspecified atom stereocenters. The summed E-state index contributed by atoms with van der Waals surface area (Å²) in [6, 6.07) is 2.86. The van der Waals surface area contributed by atoms with E-state index in [2.05, 4.69) is 5.32 Å². The Kier molecular flexibility index (Phi) is 6.29. The number of carbonyl (C=O) groups excluding carboxylic acids is 2. The average molecular weight is 451 g/mol. The molecular formula is C20H26ClF3N2O4. The number of rotatable bonds is 2. The molecule has 168 valence electrons. The van der Waals surface area contributed by atoms with Crippen LogP contribution < -0.4 is 5.32 Å². The molecule has 0 aromatic heterocycles. The van der Waals surface area contributed by atoms with Crippen molar-refractivity contribution in [1.82, 2.24) is 10.2 Å². The number of alkyl carbamates (subject to hydrolysis) is 1. The summed E-state index contributed by atoms with van der Waals surface area (Å²) in [7, 11) is 0. The fourth-order valence-electron chi connectivity index (χ4n) is 2.94. The van der Waals surface area contributed by atoms with Crippen molar-refractivity contribution in [2.75, 3.05) is 13.1 Å². The summed E-state index contributed by atoms with van der Waals surface area (Å²) >= 11 is 6.20. The lowest BCUT2D eigenvalue weighted by Gasteiger charge is -2.50. The van der Waals surface area contributed by atoms with E-state index in [0.717, 1.165) is 18.2 Å². The summed E-state index contributed by atoms with van der Waals surface area (Å²) in [6.07, 6.45) is -6.08. The number of ether oxygens (including phenoxy) is 2. The van der Waals surface area contributed by atoms with Crippen LogP contribution in [0.4, 0.5) is 22.8 Å². The molecule has 10 heteroatoms. The first kappa shape index (κ1) is 24.1. The topological polar surface area (TPSA) is 67.9 Å². The number of nitrogens with one attached hydrogen (secondary N) is 1. The van der Waals surface area contributed by atoms with Crippen LogP contribution in [0.5, 0.6) is 0 Å². The van der Waals surface area contributed by atoms with Crippen molar-refractivity contribution < 1.29 is 32.2 Å². The molecule has 1 fully saturated rings. The third kappa shape index (κ3) is 5.93. The normalized spacial score (nSPS) is 16.5. The summed E-state index contributed by atoms with van der Waals surface area (Å²) in [5.41, 5.74) is -3.79. The Morgan fingerprint density at radius 2 is 1.57 bits per heavy atom. The summed E-state index contributed by atoms with van der Waals surface area (Å²) in [6.45, 7) is 9.81.